The second-order valence-corrected chi connectivity index (χ2v) is 3.59. The van der Waals surface area contributed by atoms with Crippen LogP contribution in [0.1, 0.15) is 24.2 Å². The van der Waals surface area contributed by atoms with Crippen molar-refractivity contribution in [3.8, 4) is 11.5 Å². The number of alkyl halides is 1. The van der Waals surface area contributed by atoms with Crippen molar-refractivity contribution in [1.29, 1.82) is 0 Å². The van der Waals surface area contributed by atoms with Crippen LogP contribution in [0.15, 0.2) is 18.2 Å². The smallest absolute Gasteiger partial charge is 0.126 e. The van der Waals surface area contributed by atoms with Gasteiger partial charge in [0, 0.05) is 17.7 Å². The zero-order valence-electron chi connectivity index (χ0n) is 10.4. The quantitative estimate of drug-likeness (QED) is 0.859. The molecule has 1 aromatic carbocycles. The summed E-state index contributed by atoms with van der Waals surface area (Å²) in [6, 6.07) is 3.40. The van der Waals surface area contributed by atoms with Crippen molar-refractivity contribution in [2.45, 2.75) is 13.1 Å². The lowest BCUT2D eigenvalue weighted by Crippen LogP contribution is -1.98. The van der Waals surface area contributed by atoms with Gasteiger partial charge >= 0.3 is 0 Å². The fourth-order valence-corrected chi connectivity index (χ4v) is 1.58. The second kappa shape index (κ2) is 6.25. The Bertz CT molecular complexity index is 403. The van der Waals surface area contributed by atoms with Gasteiger partial charge in [0.25, 0.3) is 0 Å². The molecule has 17 heavy (non-hydrogen) atoms. The van der Waals surface area contributed by atoms with Gasteiger partial charge < -0.3 is 15.2 Å². The van der Waals surface area contributed by atoms with Crippen LogP contribution in [0.4, 0.5) is 4.39 Å². The molecule has 1 unspecified atom stereocenters. The summed E-state index contributed by atoms with van der Waals surface area (Å²) in [6.45, 7) is 1.90. The van der Waals surface area contributed by atoms with Gasteiger partial charge in [-0.15, -0.1) is 0 Å². The molecule has 0 amide bonds. The minimum absolute atomic E-state index is 0.437. The third-order valence-electron chi connectivity index (χ3n) is 2.44. The highest BCUT2D eigenvalue weighted by Crippen LogP contribution is 2.34. The number of hydrogen-bond donors (Lipinski definition) is 1. The number of nitrogens with two attached hydrogens (primary N) is 1. The summed E-state index contributed by atoms with van der Waals surface area (Å²) in [5.41, 5.74) is 6.70. The van der Waals surface area contributed by atoms with Crippen LogP contribution in [0.25, 0.3) is 6.08 Å². The van der Waals surface area contributed by atoms with Crippen molar-refractivity contribution in [1.82, 2.24) is 0 Å². The molecule has 0 aromatic heterocycles. The molecule has 94 valence electrons. The van der Waals surface area contributed by atoms with Gasteiger partial charge in [-0.05, 0) is 19.1 Å². The Morgan fingerprint density at radius 1 is 1.29 bits per heavy atom. The zero-order chi connectivity index (χ0) is 12.8. The van der Waals surface area contributed by atoms with Crippen LogP contribution >= 0.6 is 0 Å². The largest absolute Gasteiger partial charge is 0.496 e. The first-order chi connectivity index (χ1) is 8.13. The summed E-state index contributed by atoms with van der Waals surface area (Å²) in [6.07, 6.45) is 2.52. The van der Waals surface area contributed by atoms with Crippen molar-refractivity contribution in [3.63, 3.8) is 0 Å². The molecule has 0 fully saturated rings. The Morgan fingerprint density at radius 3 is 2.41 bits per heavy atom. The van der Waals surface area contributed by atoms with Crippen LogP contribution in [0.3, 0.4) is 0 Å². The van der Waals surface area contributed by atoms with E-state index in [-0.39, 0.29) is 0 Å². The normalized spacial score (nSPS) is 12.8. The molecule has 1 atom stereocenters. The van der Waals surface area contributed by atoms with Gasteiger partial charge in [-0.1, -0.05) is 12.2 Å². The summed E-state index contributed by atoms with van der Waals surface area (Å²) in [5, 5.41) is 0. The van der Waals surface area contributed by atoms with Crippen LogP contribution in [-0.2, 0) is 0 Å². The summed E-state index contributed by atoms with van der Waals surface area (Å²) >= 11 is 0. The molecule has 0 saturated carbocycles. The van der Waals surface area contributed by atoms with Crippen molar-refractivity contribution in [2.75, 3.05) is 20.8 Å². The maximum Gasteiger partial charge on any atom is 0.126 e. The highest BCUT2D eigenvalue weighted by molar-refractivity contribution is 5.62. The van der Waals surface area contributed by atoms with E-state index in [0.717, 1.165) is 5.56 Å². The molecular formula is C13H18FNO2. The van der Waals surface area contributed by atoms with Gasteiger partial charge in [0.2, 0.25) is 0 Å². The van der Waals surface area contributed by atoms with E-state index >= 15 is 0 Å². The maximum atomic E-state index is 13.4. The summed E-state index contributed by atoms with van der Waals surface area (Å²) in [7, 11) is 3.07. The predicted octanol–water partition coefficient (Wildman–Crippen LogP) is 2.71. The van der Waals surface area contributed by atoms with E-state index in [1.165, 1.54) is 14.0 Å². The highest BCUT2D eigenvalue weighted by atomic mass is 19.1. The first-order valence-corrected chi connectivity index (χ1v) is 5.40. The van der Waals surface area contributed by atoms with Crippen LogP contribution in [-0.4, -0.2) is 20.8 Å². The van der Waals surface area contributed by atoms with Gasteiger partial charge in [0.05, 0.1) is 14.2 Å². The number of methoxy groups -OCH3 is 2. The third kappa shape index (κ3) is 3.20. The lowest BCUT2D eigenvalue weighted by molar-refractivity contribution is 0.342. The lowest BCUT2D eigenvalue weighted by atomic mass is 10.1. The van der Waals surface area contributed by atoms with E-state index in [1.807, 2.05) is 6.08 Å². The standard InChI is InChI=1S/C13H18FNO2/c1-9(14)11-8-12(16-2)10(5-4-6-15)7-13(11)17-3/h4-5,7-9H,6,15H2,1-3H3/b5-4+. The van der Waals surface area contributed by atoms with E-state index in [4.69, 9.17) is 15.2 Å². The average Bonchev–Trinajstić information content (AvgIpc) is 2.34. The highest BCUT2D eigenvalue weighted by Gasteiger charge is 2.14. The molecule has 0 aliphatic rings. The zero-order valence-corrected chi connectivity index (χ0v) is 10.4. The SMILES string of the molecule is COc1cc(C(C)F)c(OC)cc1/C=C/CN. The van der Waals surface area contributed by atoms with Gasteiger partial charge in [0.1, 0.15) is 17.7 Å². The molecule has 0 heterocycles. The molecule has 1 aromatic rings. The van der Waals surface area contributed by atoms with Crippen LogP contribution in [0, 0.1) is 0 Å². The number of rotatable bonds is 5. The van der Waals surface area contributed by atoms with E-state index < -0.39 is 6.17 Å². The number of ether oxygens (including phenoxy) is 2. The van der Waals surface area contributed by atoms with Crippen LogP contribution < -0.4 is 15.2 Å². The summed E-state index contributed by atoms with van der Waals surface area (Å²) in [5.74, 6) is 1.12. The molecule has 0 bridgehead atoms. The van der Waals surface area contributed by atoms with Crippen LogP contribution in [0.5, 0.6) is 11.5 Å². The monoisotopic (exact) mass is 239 g/mol. The molecule has 3 nitrogen and oxygen atoms in total. The number of halogens is 1. The van der Waals surface area contributed by atoms with Crippen molar-refractivity contribution in [3.05, 3.63) is 29.3 Å². The molecule has 0 spiro atoms. The fraction of sp³-hybridized carbons (Fsp3) is 0.385. The van der Waals surface area contributed by atoms with Gasteiger partial charge in [-0.25, -0.2) is 4.39 Å². The molecule has 0 saturated heterocycles. The number of benzene rings is 1. The Morgan fingerprint density at radius 2 is 1.94 bits per heavy atom. The fourth-order valence-electron chi connectivity index (χ4n) is 1.58. The number of hydrogen-bond acceptors (Lipinski definition) is 3. The molecule has 1 rings (SSSR count). The van der Waals surface area contributed by atoms with Crippen LogP contribution in [0.2, 0.25) is 0 Å². The summed E-state index contributed by atoms with van der Waals surface area (Å²) < 4.78 is 23.8. The van der Waals surface area contributed by atoms with Crippen molar-refractivity contribution >= 4 is 6.08 Å². The Labute approximate surface area is 101 Å². The topological polar surface area (TPSA) is 44.5 Å². The predicted molar refractivity (Wildman–Crippen MR) is 67.2 cm³/mol. The van der Waals surface area contributed by atoms with Crippen molar-refractivity contribution < 1.29 is 13.9 Å². The first kappa shape index (κ1) is 13.5. The maximum absolute atomic E-state index is 13.4. The minimum atomic E-state index is -1.11. The summed E-state index contributed by atoms with van der Waals surface area (Å²) in [4.78, 5) is 0. The first-order valence-electron chi connectivity index (χ1n) is 5.40. The Hall–Kier alpha value is -1.55. The van der Waals surface area contributed by atoms with Gasteiger partial charge in [-0.2, -0.15) is 0 Å². The molecular weight excluding hydrogens is 221 g/mol. The van der Waals surface area contributed by atoms with E-state index in [9.17, 15) is 4.39 Å². The molecule has 0 aliphatic carbocycles. The molecule has 2 N–H and O–H groups in total. The van der Waals surface area contributed by atoms with E-state index in [0.29, 0.717) is 23.6 Å². The third-order valence-corrected chi connectivity index (χ3v) is 2.44. The van der Waals surface area contributed by atoms with Gasteiger partial charge in [-0.3, -0.25) is 0 Å². The molecule has 0 radical (unpaired) electrons. The average molecular weight is 239 g/mol. The van der Waals surface area contributed by atoms with E-state index in [2.05, 4.69) is 0 Å². The van der Waals surface area contributed by atoms with E-state index in [1.54, 1.807) is 25.3 Å². The Balaban J connectivity index is 3.27. The Kier molecular flexibility index (Phi) is 4.97. The lowest BCUT2D eigenvalue weighted by Gasteiger charge is -2.14. The van der Waals surface area contributed by atoms with Gasteiger partial charge in [0.15, 0.2) is 0 Å². The molecule has 0 aliphatic heterocycles. The molecule has 4 heteroatoms. The van der Waals surface area contributed by atoms with Crippen molar-refractivity contribution in [2.24, 2.45) is 5.73 Å². The minimum Gasteiger partial charge on any atom is -0.496 e. The second-order valence-electron chi connectivity index (χ2n) is 3.59.